The highest BCUT2D eigenvalue weighted by Gasteiger charge is 2.25. The summed E-state index contributed by atoms with van der Waals surface area (Å²) in [4.78, 5) is 25.5. The van der Waals surface area contributed by atoms with E-state index in [4.69, 9.17) is 9.47 Å². The Hall–Kier alpha value is -2.08. The number of carbonyl (C=O) groups excluding carboxylic acids is 2. The third kappa shape index (κ3) is 6.69. The zero-order valence-corrected chi connectivity index (χ0v) is 14.5. The molecule has 1 rings (SSSR count). The van der Waals surface area contributed by atoms with Gasteiger partial charge < -0.3 is 14.8 Å². The number of methoxy groups -OCH3 is 1. The maximum absolute atomic E-state index is 12.1. The Bertz CT molecular complexity index is 511. The van der Waals surface area contributed by atoms with Gasteiger partial charge in [0.1, 0.15) is 11.6 Å². The van der Waals surface area contributed by atoms with Gasteiger partial charge in [-0.1, -0.05) is 30.3 Å². The first-order chi connectivity index (χ1) is 10.7. The summed E-state index contributed by atoms with van der Waals surface area (Å²) in [5, 5.41) is 2.68. The van der Waals surface area contributed by atoms with Gasteiger partial charge >= 0.3 is 12.1 Å². The van der Waals surface area contributed by atoms with Crippen molar-refractivity contribution in [3.05, 3.63) is 35.9 Å². The Labute approximate surface area is 137 Å². The summed E-state index contributed by atoms with van der Waals surface area (Å²) in [6.45, 7) is 6.27. The van der Waals surface area contributed by atoms with Gasteiger partial charge in [-0.2, -0.15) is 0 Å². The van der Waals surface area contributed by atoms with Crippen LogP contribution in [0.3, 0.4) is 0 Å². The number of hydrogen-bond donors (Lipinski definition) is 1. The predicted molar refractivity (Wildman–Crippen MR) is 88.1 cm³/mol. The fourth-order valence-electron chi connectivity index (χ4n) is 2.10. The second-order valence-electron chi connectivity index (χ2n) is 6.25. The van der Waals surface area contributed by atoms with Gasteiger partial charge in [0.15, 0.2) is 0 Å². The zero-order chi connectivity index (χ0) is 17.5. The minimum Gasteiger partial charge on any atom is -0.468 e. The van der Waals surface area contributed by atoms with Crippen LogP contribution in [0.4, 0.5) is 4.79 Å². The van der Waals surface area contributed by atoms with E-state index in [0.29, 0.717) is 13.1 Å². The Kier molecular flexibility index (Phi) is 7.03. The van der Waals surface area contributed by atoms with E-state index in [-0.39, 0.29) is 5.97 Å². The molecule has 0 unspecified atom stereocenters. The molecule has 0 bridgehead atoms. The number of nitrogens with one attached hydrogen (secondary N) is 1. The molecule has 6 heteroatoms. The van der Waals surface area contributed by atoms with Gasteiger partial charge in [0.25, 0.3) is 0 Å². The number of benzene rings is 1. The summed E-state index contributed by atoms with van der Waals surface area (Å²) in [7, 11) is 3.18. The molecule has 0 aliphatic carbocycles. The molecule has 0 fully saturated rings. The summed E-state index contributed by atoms with van der Waals surface area (Å²) < 4.78 is 10.1. The van der Waals surface area contributed by atoms with Crippen LogP contribution in [0.2, 0.25) is 0 Å². The summed E-state index contributed by atoms with van der Waals surface area (Å²) >= 11 is 0. The SMILES string of the molecule is COC(=O)[C@@H](c1ccccc1)N(C)CCNC(=O)OC(C)(C)C. The monoisotopic (exact) mass is 322 g/mol. The van der Waals surface area contributed by atoms with Gasteiger partial charge in [-0.3, -0.25) is 4.90 Å². The lowest BCUT2D eigenvalue weighted by atomic mass is 10.1. The van der Waals surface area contributed by atoms with Crippen molar-refractivity contribution in [3.63, 3.8) is 0 Å². The number of rotatable bonds is 6. The van der Waals surface area contributed by atoms with Crippen LogP contribution in [0.25, 0.3) is 0 Å². The summed E-state index contributed by atoms with van der Waals surface area (Å²) in [5.74, 6) is -0.337. The lowest BCUT2D eigenvalue weighted by molar-refractivity contribution is -0.146. The average molecular weight is 322 g/mol. The number of hydrogen-bond acceptors (Lipinski definition) is 5. The predicted octanol–water partition coefficient (Wildman–Crippen LogP) is 2.36. The molecule has 1 N–H and O–H groups in total. The number of nitrogens with zero attached hydrogens (tertiary/aromatic N) is 1. The molecule has 0 radical (unpaired) electrons. The van der Waals surface area contributed by atoms with E-state index in [9.17, 15) is 9.59 Å². The van der Waals surface area contributed by atoms with Crippen molar-refractivity contribution in [2.45, 2.75) is 32.4 Å². The molecular weight excluding hydrogens is 296 g/mol. The molecule has 23 heavy (non-hydrogen) atoms. The number of likely N-dealkylation sites (N-methyl/N-ethyl adjacent to an activating group) is 1. The molecule has 0 aromatic heterocycles. The maximum Gasteiger partial charge on any atom is 0.407 e. The molecule has 0 aliphatic rings. The molecule has 0 heterocycles. The molecule has 0 saturated carbocycles. The van der Waals surface area contributed by atoms with Crippen LogP contribution in [0.15, 0.2) is 30.3 Å². The van der Waals surface area contributed by atoms with Crippen molar-refractivity contribution in [2.24, 2.45) is 0 Å². The highest BCUT2D eigenvalue weighted by atomic mass is 16.6. The van der Waals surface area contributed by atoms with Crippen molar-refractivity contribution in [2.75, 3.05) is 27.2 Å². The Morgan fingerprint density at radius 3 is 2.35 bits per heavy atom. The number of alkyl carbamates (subject to hydrolysis) is 1. The number of carbonyl (C=O) groups is 2. The standard InChI is InChI=1S/C17H26N2O4/c1-17(2,3)23-16(21)18-11-12-19(4)14(15(20)22-5)13-9-7-6-8-10-13/h6-10,14H,11-12H2,1-5H3,(H,18,21)/t14-/m1/s1. The van der Waals surface area contributed by atoms with Crippen molar-refractivity contribution >= 4 is 12.1 Å². The maximum atomic E-state index is 12.1. The largest absolute Gasteiger partial charge is 0.468 e. The van der Waals surface area contributed by atoms with Crippen molar-refractivity contribution < 1.29 is 19.1 Å². The third-order valence-electron chi connectivity index (χ3n) is 3.11. The first-order valence-corrected chi connectivity index (χ1v) is 7.54. The summed E-state index contributed by atoms with van der Waals surface area (Å²) in [6.07, 6.45) is -0.472. The molecule has 0 spiro atoms. The highest BCUT2D eigenvalue weighted by Crippen LogP contribution is 2.20. The van der Waals surface area contributed by atoms with Crippen LogP contribution in [0.5, 0.6) is 0 Å². The minimum absolute atomic E-state index is 0.337. The van der Waals surface area contributed by atoms with Crippen LogP contribution < -0.4 is 5.32 Å². The third-order valence-corrected chi connectivity index (χ3v) is 3.11. The number of amides is 1. The lowest BCUT2D eigenvalue weighted by Gasteiger charge is -2.26. The average Bonchev–Trinajstić information content (AvgIpc) is 2.46. The Balaban J connectivity index is 2.60. The van der Waals surface area contributed by atoms with Crippen LogP contribution in [0.1, 0.15) is 32.4 Å². The van der Waals surface area contributed by atoms with Crippen LogP contribution in [-0.4, -0.2) is 49.8 Å². The molecule has 6 nitrogen and oxygen atoms in total. The van der Waals surface area contributed by atoms with E-state index in [2.05, 4.69) is 5.32 Å². The summed E-state index contributed by atoms with van der Waals surface area (Å²) in [5.41, 5.74) is 0.313. The van der Waals surface area contributed by atoms with E-state index in [0.717, 1.165) is 5.56 Å². The van der Waals surface area contributed by atoms with E-state index < -0.39 is 17.7 Å². The molecule has 128 valence electrons. The molecule has 0 saturated heterocycles. The van der Waals surface area contributed by atoms with Crippen LogP contribution >= 0.6 is 0 Å². The smallest absolute Gasteiger partial charge is 0.407 e. The fraction of sp³-hybridized carbons (Fsp3) is 0.529. The molecule has 0 aliphatic heterocycles. The van der Waals surface area contributed by atoms with Gasteiger partial charge in [0.05, 0.1) is 7.11 Å². The Morgan fingerprint density at radius 1 is 1.22 bits per heavy atom. The van der Waals surface area contributed by atoms with Crippen LogP contribution in [-0.2, 0) is 14.3 Å². The quantitative estimate of drug-likeness (QED) is 0.814. The zero-order valence-electron chi connectivity index (χ0n) is 14.5. The van der Waals surface area contributed by atoms with Crippen LogP contribution in [0, 0.1) is 0 Å². The normalized spacial score (nSPS) is 12.6. The number of esters is 1. The topological polar surface area (TPSA) is 67.9 Å². The fourth-order valence-corrected chi connectivity index (χ4v) is 2.10. The second kappa shape index (κ2) is 8.53. The van der Waals surface area contributed by atoms with E-state index in [1.165, 1.54) is 7.11 Å². The molecule has 1 amide bonds. The lowest BCUT2D eigenvalue weighted by Crippen LogP contribution is -2.39. The van der Waals surface area contributed by atoms with Crippen molar-refractivity contribution in [1.82, 2.24) is 10.2 Å². The number of ether oxygens (including phenoxy) is 2. The van der Waals surface area contributed by atoms with Gasteiger partial charge in [-0.15, -0.1) is 0 Å². The van der Waals surface area contributed by atoms with Gasteiger partial charge in [0, 0.05) is 13.1 Å². The van der Waals surface area contributed by atoms with E-state index in [1.807, 2.05) is 42.3 Å². The molecule has 1 atom stereocenters. The molecule has 1 aromatic rings. The van der Waals surface area contributed by atoms with Crippen molar-refractivity contribution in [1.29, 1.82) is 0 Å². The van der Waals surface area contributed by atoms with Gasteiger partial charge in [-0.25, -0.2) is 9.59 Å². The van der Waals surface area contributed by atoms with E-state index >= 15 is 0 Å². The molecule has 1 aromatic carbocycles. The second-order valence-corrected chi connectivity index (χ2v) is 6.25. The first kappa shape index (κ1) is 19.0. The Morgan fingerprint density at radius 2 is 1.83 bits per heavy atom. The first-order valence-electron chi connectivity index (χ1n) is 7.54. The van der Waals surface area contributed by atoms with Gasteiger partial charge in [-0.05, 0) is 33.4 Å². The van der Waals surface area contributed by atoms with E-state index in [1.54, 1.807) is 20.8 Å². The van der Waals surface area contributed by atoms with Crippen molar-refractivity contribution in [3.8, 4) is 0 Å². The minimum atomic E-state index is -0.533. The van der Waals surface area contributed by atoms with Gasteiger partial charge in [0.2, 0.25) is 0 Å². The summed E-state index contributed by atoms with van der Waals surface area (Å²) in [6, 6.07) is 8.87. The molecular formula is C17H26N2O4. The highest BCUT2D eigenvalue weighted by molar-refractivity contribution is 5.77.